The molecule has 0 saturated carbocycles. The molecule has 0 atom stereocenters. The maximum atomic E-state index is 13.0. The number of rotatable bonds is 4. The molecule has 0 aliphatic carbocycles. The third kappa shape index (κ3) is 3.00. The normalized spacial score (nSPS) is 12.3. The van der Waals surface area contributed by atoms with Crippen molar-refractivity contribution in [3.8, 4) is 17.2 Å². The molecule has 8 nitrogen and oxygen atoms in total. The van der Waals surface area contributed by atoms with Crippen LogP contribution in [0.4, 0.5) is 5.69 Å². The SMILES string of the molecule is O=C(Cn1c2ncccc2c(=O)n1-c1ccccc1)Nc1ccc2c(c1)OCO2. The third-order valence-electron chi connectivity index (χ3n) is 4.65. The van der Waals surface area contributed by atoms with E-state index in [-0.39, 0.29) is 24.8 Å². The van der Waals surface area contributed by atoms with E-state index < -0.39 is 0 Å². The number of nitrogens with one attached hydrogen (secondary N) is 1. The molecule has 8 heteroatoms. The van der Waals surface area contributed by atoms with Gasteiger partial charge >= 0.3 is 0 Å². The van der Waals surface area contributed by atoms with Crippen LogP contribution in [0.3, 0.4) is 0 Å². The Morgan fingerprint density at radius 2 is 1.86 bits per heavy atom. The molecule has 29 heavy (non-hydrogen) atoms. The molecule has 0 bridgehead atoms. The van der Waals surface area contributed by atoms with E-state index in [0.717, 1.165) is 0 Å². The number of hydrogen-bond acceptors (Lipinski definition) is 5. The number of hydrogen-bond donors (Lipinski definition) is 1. The monoisotopic (exact) mass is 388 g/mol. The molecule has 1 amide bonds. The number of carbonyl (C=O) groups is 1. The number of para-hydroxylation sites is 1. The van der Waals surface area contributed by atoms with Gasteiger partial charge in [0.2, 0.25) is 12.7 Å². The van der Waals surface area contributed by atoms with Gasteiger partial charge in [0, 0.05) is 18.0 Å². The summed E-state index contributed by atoms with van der Waals surface area (Å²) in [6.07, 6.45) is 1.60. The van der Waals surface area contributed by atoms with Crippen LogP contribution in [-0.4, -0.2) is 27.0 Å². The van der Waals surface area contributed by atoms with E-state index in [1.54, 1.807) is 41.2 Å². The predicted molar refractivity (Wildman–Crippen MR) is 107 cm³/mol. The number of amides is 1. The largest absolute Gasteiger partial charge is 0.454 e. The molecule has 1 N–H and O–H groups in total. The molecule has 3 heterocycles. The standard InChI is InChI=1S/C21H16N4O4/c26-19(23-14-8-9-17-18(11-14)29-13-28-17)12-24-20-16(7-4-10-22-20)21(27)25(24)15-5-2-1-3-6-15/h1-11H,12-13H2,(H,23,26). The summed E-state index contributed by atoms with van der Waals surface area (Å²) in [6, 6.07) is 17.8. The number of aromatic nitrogens is 3. The van der Waals surface area contributed by atoms with Crippen molar-refractivity contribution in [2.45, 2.75) is 6.54 Å². The third-order valence-corrected chi connectivity index (χ3v) is 4.65. The minimum atomic E-state index is -0.295. The fourth-order valence-corrected chi connectivity index (χ4v) is 3.37. The van der Waals surface area contributed by atoms with Crippen LogP contribution in [-0.2, 0) is 11.3 Å². The maximum absolute atomic E-state index is 13.0. The van der Waals surface area contributed by atoms with Gasteiger partial charge in [-0.3, -0.25) is 14.3 Å². The second-order valence-electron chi connectivity index (χ2n) is 6.50. The van der Waals surface area contributed by atoms with Gasteiger partial charge in [0.05, 0.1) is 11.1 Å². The van der Waals surface area contributed by atoms with Gasteiger partial charge in [-0.15, -0.1) is 0 Å². The van der Waals surface area contributed by atoms with Crippen molar-refractivity contribution in [3.63, 3.8) is 0 Å². The van der Waals surface area contributed by atoms with Crippen LogP contribution in [0.15, 0.2) is 71.7 Å². The smallest absolute Gasteiger partial charge is 0.280 e. The first kappa shape index (κ1) is 17.1. The molecular formula is C21H16N4O4. The molecule has 144 valence electrons. The maximum Gasteiger partial charge on any atom is 0.280 e. The molecule has 2 aromatic heterocycles. The van der Waals surface area contributed by atoms with Crippen molar-refractivity contribution in [3.05, 3.63) is 77.2 Å². The van der Waals surface area contributed by atoms with Gasteiger partial charge in [0.25, 0.3) is 5.56 Å². The van der Waals surface area contributed by atoms with Crippen molar-refractivity contribution in [1.29, 1.82) is 0 Å². The van der Waals surface area contributed by atoms with E-state index in [1.165, 1.54) is 4.68 Å². The summed E-state index contributed by atoms with van der Waals surface area (Å²) in [7, 11) is 0. The quantitative estimate of drug-likeness (QED) is 0.581. The highest BCUT2D eigenvalue weighted by Crippen LogP contribution is 2.34. The van der Waals surface area contributed by atoms with Crippen molar-refractivity contribution >= 4 is 22.6 Å². The van der Waals surface area contributed by atoms with Gasteiger partial charge in [-0.05, 0) is 36.4 Å². The van der Waals surface area contributed by atoms with E-state index in [9.17, 15) is 9.59 Å². The average molecular weight is 388 g/mol. The number of nitrogens with zero attached hydrogens (tertiary/aromatic N) is 3. The van der Waals surface area contributed by atoms with E-state index in [0.29, 0.717) is 33.9 Å². The van der Waals surface area contributed by atoms with E-state index in [2.05, 4.69) is 10.3 Å². The first-order valence-corrected chi connectivity index (χ1v) is 9.02. The Kier molecular flexibility index (Phi) is 4.02. The molecule has 2 aromatic carbocycles. The molecular weight excluding hydrogens is 372 g/mol. The number of fused-ring (bicyclic) bond motifs is 2. The summed E-state index contributed by atoms with van der Waals surface area (Å²) in [5, 5.41) is 3.29. The van der Waals surface area contributed by atoms with Gasteiger partial charge in [0.1, 0.15) is 6.54 Å². The molecule has 0 radical (unpaired) electrons. The zero-order valence-corrected chi connectivity index (χ0v) is 15.2. The van der Waals surface area contributed by atoms with Crippen molar-refractivity contribution in [1.82, 2.24) is 14.3 Å². The molecule has 0 unspecified atom stereocenters. The number of ether oxygens (including phenoxy) is 2. The van der Waals surface area contributed by atoms with Crippen LogP contribution in [0.1, 0.15) is 0 Å². The second kappa shape index (κ2) is 6.83. The summed E-state index contributed by atoms with van der Waals surface area (Å²) in [5.74, 6) is 0.926. The Labute approximate surface area is 164 Å². The first-order chi connectivity index (χ1) is 14.2. The Morgan fingerprint density at radius 3 is 2.72 bits per heavy atom. The highest BCUT2D eigenvalue weighted by Gasteiger charge is 2.19. The molecule has 1 aliphatic heterocycles. The Bertz CT molecular complexity index is 1280. The van der Waals surface area contributed by atoms with E-state index >= 15 is 0 Å². The molecule has 4 aromatic rings. The van der Waals surface area contributed by atoms with Crippen LogP contribution in [0.25, 0.3) is 16.7 Å². The average Bonchev–Trinajstić information content (AvgIpc) is 3.31. The summed E-state index contributed by atoms with van der Waals surface area (Å²) in [6.45, 7) is 0.0796. The van der Waals surface area contributed by atoms with Gasteiger partial charge in [0.15, 0.2) is 17.1 Å². The van der Waals surface area contributed by atoms with Crippen LogP contribution < -0.4 is 20.3 Å². The molecule has 0 spiro atoms. The van der Waals surface area contributed by atoms with Crippen molar-refractivity contribution in [2.24, 2.45) is 0 Å². The second-order valence-corrected chi connectivity index (χ2v) is 6.50. The Hall–Kier alpha value is -4.07. The highest BCUT2D eigenvalue weighted by molar-refractivity contribution is 5.91. The lowest BCUT2D eigenvalue weighted by molar-refractivity contribution is -0.116. The Morgan fingerprint density at radius 1 is 1.03 bits per heavy atom. The number of pyridine rings is 1. The fraction of sp³-hybridized carbons (Fsp3) is 0.0952. The first-order valence-electron chi connectivity index (χ1n) is 9.02. The van der Waals surface area contributed by atoms with Crippen molar-refractivity contribution < 1.29 is 14.3 Å². The minimum absolute atomic E-state index is 0.0842. The number of anilines is 1. The van der Waals surface area contributed by atoms with Gasteiger partial charge in [-0.1, -0.05) is 18.2 Å². The van der Waals surface area contributed by atoms with Crippen LogP contribution in [0.2, 0.25) is 0 Å². The minimum Gasteiger partial charge on any atom is -0.454 e. The summed E-state index contributed by atoms with van der Waals surface area (Å²) < 4.78 is 13.7. The van der Waals surface area contributed by atoms with Gasteiger partial charge in [-0.25, -0.2) is 9.67 Å². The number of carbonyl (C=O) groups excluding carboxylic acids is 1. The highest BCUT2D eigenvalue weighted by atomic mass is 16.7. The molecule has 0 saturated heterocycles. The lowest BCUT2D eigenvalue weighted by atomic mass is 10.3. The molecule has 0 fully saturated rings. The zero-order chi connectivity index (χ0) is 19.8. The van der Waals surface area contributed by atoms with Crippen LogP contribution in [0, 0.1) is 0 Å². The summed E-state index contributed by atoms with van der Waals surface area (Å²) in [5.41, 5.74) is 1.46. The van der Waals surface area contributed by atoms with E-state index in [4.69, 9.17) is 9.47 Å². The Balaban J connectivity index is 1.51. The summed E-state index contributed by atoms with van der Waals surface area (Å²) >= 11 is 0. The molecule has 1 aliphatic rings. The fourth-order valence-electron chi connectivity index (χ4n) is 3.37. The zero-order valence-electron chi connectivity index (χ0n) is 15.2. The summed E-state index contributed by atoms with van der Waals surface area (Å²) in [4.78, 5) is 30.0. The van der Waals surface area contributed by atoms with Gasteiger partial charge < -0.3 is 14.8 Å². The topological polar surface area (TPSA) is 87.4 Å². The number of benzene rings is 2. The molecule has 5 rings (SSSR count). The van der Waals surface area contributed by atoms with Crippen LogP contribution in [0.5, 0.6) is 11.5 Å². The lowest BCUT2D eigenvalue weighted by Crippen LogP contribution is -2.27. The van der Waals surface area contributed by atoms with E-state index in [1.807, 2.05) is 30.3 Å². The lowest BCUT2D eigenvalue weighted by Gasteiger charge is -2.12. The van der Waals surface area contributed by atoms with Gasteiger partial charge in [-0.2, -0.15) is 0 Å². The van der Waals surface area contributed by atoms with Crippen LogP contribution >= 0.6 is 0 Å². The predicted octanol–water partition coefficient (Wildman–Crippen LogP) is 2.55. The van der Waals surface area contributed by atoms with Crippen molar-refractivity contribution in [2.75, 3.05) is 12.1 Å².